The monoisotopic (exact) mass is 715 g/mol. The number of nitrogens with zero attached hydrogens (tertiary/aromatic N) is 3. The number of rotatable bonds is 10. The minimum Gasteiger partial charge on any atom is -0.394 e. The molecule has 3 aliphatic heterocycles. The molecule has 2 aromatic carbocycles. The normalized spacial score (nSPS) is 34.4. The zero-order valence-corrected chi connectivity index (χ0v) is 27.4. The van der Waals surface area contributed by atoms with Gasteiger partial charge < -0.3 is 60.1 Å². The van der Waals surface area contributed by atoms with E-state index in [9.17, 15) is 40.9 Å². The van der Waals surface area contributed by atoms with Crippen LogP contribution in [0.25, 0.3) is 0 Å². The number of aliphatic hydroxyl groups excluding tert-OH is 8. The van der Waals surface area contributed by atoms with E-state index in [2.05, 4.69) is 26.9 Å². The van der Waals surface area contributed by atoms with Crippen LogP contribution in [0.4, 0.5) is 17.1 Å². The molecular weight excluding hydrogens is 674 g/mol. The third-order valence-electron chi connectivity index (χ3n) is 8.88. The van der Waals surface area contributed by atoms with Crippen molar-refractivity contribution in [3.63, 3.8) is 0 Å². The molecule has 0 radical (unpaired) electrons. The molecule has 2 fully saturated rings. The van der Waals surface area contributed by atoms with Gasteiger partial charge >= 0.3 is 0 Å². The zero-order chi connectivity index (χ0) is 32.6. The third kappa shape index (κ3) is 7.10. The minimum absolute atomic E-state index is 0.362. The van der Waals surface area contributed by atoms with Gasteiger partial charge in [0.15, 0.2) is 0 Å². The largest absolute Gasteiger partial charge is 0.394 e. The van der Waals surface area contributed by atoms with Crippen molar-refractivity contribution < 1.29 is 50.3 Å². The van der Waals surface area contributed by atoms with Crippen LogP contribution in [0, 0.1) is 4.51 Å². The quantitative estimate of drug-likeness (QED) is 0.142. The fraction of sp³-hybridized carbons (Fsp3) is 0.600. The number of aliphatic hydroxyl groups is 8. The highest BCUT2D eigenvalue weighted by molar-refractivity contribution is 9.52. The van der Waals surface area contributed by atoms with Gasteiger partial charge in [0.2, 0.25) is 0 Å². The summed E-state index contributed by atoms with van der Waals surface area (Å²) in [6.45, 7) is 0.0378. The number of benzene rings is 2. The van der Waals surface area contributed by atoms with Crippen LogP contribution in [-0.4, -0.2) is 142 Å². The smallest absolute Gasteiger partial charge is 0.111 e. The molecule has 5 rings (SSSR count). The zero-order valence-electron chi connectivity index (χ0n) is 25.0. The second-order valence-electron chi connectivity index (χ2n) is 11.8. The standard InChI is InChI=1S/C30H42BrN3O10S/c1-33(9-7-19-25(37)29(41)27(39)21(13-35)43-19)15-3-5-17-23(11-15)45(31)24-12-16(4-6-18(24)32-17)34(2)10-8-20-26(38)30(42)28(40)22(14-36)44-20/h3-6,11-12,19-22,25-30,35-42H,7-10,13-14H2,1-2H3/t19-,20-,21+,22+,25-,26-,27-,28-,29+,30+/m0/s1. The van der Waals surface area contributed by atoms with Crippen LogP contribution in [0.1, 0.15) is 12.8 Å². The molecule has 0 amide bonds. The molecule has 1 unspecified atom stereocenters. The first-order valence-electron chi connectivity index (χ1n) is 14.9. The fourth-order valence-corrected chi connectivity index (χ4v) is 8.77. The highest BCUT2D eigenvalue weighted by atomic mass is 79.9. The van der Waals surface area contributed by atoms with Crippen molar-refractivity contribution in [2.75, 3.05) is 50.2 Å². The first kappa shape index (κ1) is 34.6. The molecule has 3 aliphatic rings. The summed E-state index contributed by atoms with van der Waals surface area (Å²) in [5.74, 6) is 0. The Balaban J connectivity index is 1.28. The molecule has 2 saturated heterocycles. The van der Waals surface area contributed by atoms with Crippen molar-refractivity contribution in [2.24, 2.45) is 4.99 Å². The molecule has 0 bridgehead atoms. The predicted octanol–water partition coefficient (Wildman–Crippen LogP) is -0.823. The van der Waals surface area contributed by atoms with E-state index < -0.39 is 83.2 Å². The van der Waals surface area contributed by atoms with Crippen molar-refractivity contribution in [2.45, 2.75) is 78.8 Å². The minimum atomic E-state index is -1.40. The van der Waals surface area contributed by atoms with Crippen LogP contribution in [0.5, 0.6) is 0 Å². The molecule has 11 atom stereocenters. The van der Waals surface area contributed by atoms with E-state index >= 15 is 0 Å². The number of hydrogen-bond donors (Lipinski definition) is 8. The first-order valence-corrected chi connectivity index (χ1v) is 18.0. The summed E-state index contributed by atoms with van der Waals surface area (Å²) in [6, 6.07) is 12.0. The summed E-state index contributed by atoms with van der Waals surface area (Å²) < 4.78 is 12.3. The van der Waals surface area contributed by atoms with Crippen molar-refractivity contribution >= 4 is 40.8 Å². The van der Waals surface area contributed by atoms with E-state index in [1.165, 1.54) is 0 Å². The van der Waals surface area contributed by atoms with Crippen molar-refractivity contribution in [1.29, 1.82) is 0 Å². The average Bonchev–Trinajstić information content (AvgIpc) is 3.05. The SMILES string of the molecule is CN(CC[C@@H]1O[C@H](CO)[C@H](O)[C@H](O)[C@H]1O)c1ccc2c(c1)S(Br)=c1cc(N(C)CC[C@@H]3O[C@H](CO)[C@H](O)[C@H](O)[C@H]3O)ccc1=N2. The number of fused-ring (bicyclic) bond motifs is 2. The molecular formula is C30H42BrN3O10S. The van der Waals surface area contributed by atoms with Crippen LogP contribution < -0.4 is 15.2 Å². The first-order chi connectivity index (χ1) is 21.4. The lowest BCUT2D eigenvalue weighted by molar-refractivity contribution is -0.229. The maximum absolute atomic E-state index is 10.4. The molecule has 0 spiro atoms. The topological polar surface area (TPSA) is 199 Å². The number of hydrogen-bond acceptors (Lipinski definition) is 13. The van der Waals surface area contributed by atoms with Crippen LogP contribution in [0.2, 0.25) is 0 Å². The molecule has 250 valence electrons. The van der Waals surface area contributed by atoms with Crippen LogP contribution in [0.15, 0.2) is 46.3 Å². The van der Waals surface area contributed by atoms with Gasteiger partial charge in [0.05, 0.1) is 36.5 Å². The molecule has 0 aromatic heterocycles. The summed E-state index contributed by atoms with van der Waals surface area (Å²) in [7, 11) is 3.33. The van der Waals surface area contributed by atoms with Gasteiger partial charge in [0, 0.05) is 48.0 Å². The van der Waals surface area contributed by atoms with E-state index in [0.29, 0.717) is 25.9 Å². The van der Waals surface area contributed by atoms with Crippen molar-refractivity contribution in [1.82, 2.24) is 0 Å². The maximum atomic E-state index is 10.4. The Hall–Kier alpha value is -1.73. The Morgan fingerprint density at radius 1 is 0.689 bits per heavy atom. The van der Waals surface area contributed by atoms with Gasteiger partial charge in [-0.05, 0) is 64.1 Å². The molecule has 0 saturated carbocycles. The highest BCUT2D eigenvalue weighted by Gasteiger charge is 2.44. The predicted molar refractivity (Wildman–Crippen MR) is 171 cm³/mol. The van der Waals surface area contributed by atoms with Crippen LogP contribution in [0.3, 0.4) is 0 Å². The average molecular weight is 717 g/mol. The molecule has 3 heterocycles. The van der Waals surface area contributed by atoms with Gasteiger partial charge in [0.1, 0.15) is 48.8 Å². The van der Waals surface area contributed by atoms with E-state index in [0.717, 1.165) is 31.8 Å². The van der Waals surface area contributed by atoms with Crippen LogP contribution >= 0.6 is 23.7 Å². The van der Waals surface area contributed by atoms with Gasteiger partial charge in [0.25, 0.3) is 0 Å². The third-order valence-corrected chi connectivity index (χ3v) is 12.4. The Labute approximate surface area is 270 Å². The van der Waals surface area contributed by atoms with E-state index in [1.54, 1.807) is 0 Å². The van der Waals surface area contributed by atoms with Gasteiger partial charge in [-0.3, -0.25) is 0 Å². The molecule has 45 heavy (non-hydrogen) atoms. The molecule has 13 nitrogen and oxygen atoms in total. The van der Waals surface area contributed by atoms with Crippen LogP contribution in [-0.2, 0) is 9.47 Å². The highest BCUT2D eigenvalue weighted by Crippen LogP contribution is 2.45. The van der Waals surface area contributed by atoms with Gasteiger partial charge in [-0.2, -0.15) is 0 Å². The number of anilines is 2. The number of ether oxygens (including phenoxy) is 2. The second-order valence-corrected chi connectivity index (χ2v) is 15.2. The van der Waals surface area contributed by atoms with E-state index in [-0.39, 0.29) is 0 Å². The van der Waals surface area contributed by atoms with Gasteiger partial charge in [-0.15, -0.1) is 0 Å². The Kier molecular flexibility index (Phi) is 11.2. The van der Waals surface area contributed by atoms with E-state index in [1.807, 2.05) is 48.2 Å². The summed E-state index contributed by atoms with van der Waals surface area (Å²) in [5.41, 5.74) is 2.68. The summed E-state index contributed by atoms with van der Waals surface area (Å²) in [5, 5.41) is 80.9. The van der Waals surface area contributed by atoms with Crippen molar-refractivity contribution in [3.05, 3.63) is 46.3 Å². The van der Waals surface area contributed by atoms with Gasteiger partial charge in [-0.1, -0.05) is 8.92 Å². The lowest BCUT2D eigenvalue weighted by Gasteiger charge is -2.40. The maximum Gasteiger partial charge on any atom is 0.111 e. The van der Waals surface area contributed by atoms with Crippen molar-refractivity contribution in [3.8, 4) is 0 Å². The molecule has 8 N–H and O–H groups in total. The number of halogens is 1. The van der Waals surface area contributed by atoms with Gasteiger partial charge in [-0.25, -0.2) is 4.99 Å². The summed E-state index contributed by atoms with van der Waals surface area (Å²) in [6.07, 6.45) is -10.7. The van der Waals surface area contributed by atoms with E-state index in [4.69, 9.17) is 14.5 Å². The molecule has 15 heteroatoms. The Bertz CT molecular complexity index is 1470. The second kappa shape index (κ2) is 14.6. The summed E-state index contributed by atoms with van der Waals surface area (Å²) >= 11 is 3.90. The lowest BCUT2D eigenvalue weighted by atomic mass is 9.93. The fourth-order valence-electron chi connectivity index (χ4n) is 5.93. The molecule has 2 aromatic rings. The molecule has 0 aliphatic carbocycles. The Morgan fingerprint density at radius 2 is 1.16 bits per heavy atom. The summed E-state index contributed by atoms with van der Waals surface area (Å²) in [4.78, 5) is 9.88. The lowest BCUT2D eigenvalue weighted by Crippen LogP contribution is -2.58. The Morgan fingerprint density at radius 3 is 1.67 bits per heavy atom.